The Bertz CT molecular complexity index is 171. The number of primary amides is 1. The Balaban J connectivity index is 4.05. The van der Waals surface area contributed by atoms with Gasteiger partial charge in [0.15, 0.2) is 0 Å². The maximum Gasteiger partial charge on any atom is 0.235 e. The van der Waals surface area contributed by atoms with Crippen LogP contribution in [-0.4, -0.2) is 5.91 Å². The Hall–Kier alpha value is -1.04. The van der Waals surface area contributed by atoms with E-state index in [0.29, 0.717) is 0 Å². The average Bonchev–Trinajstić information content (AvgIpc) is 1.88. The van der Waals surface area contributed by atoms with Crippen molar-refractivity contribution >= 4 is 5.91 Å². The molecule has 62 valence electrons. The Kier molecular flexibility index (Phi) is 4.28. The molecular formula is C8H14N2O. The summed E-state index contributed by atoms with van der Waals surface area (Å²) in [4.78, 5) is 10.6. The summed E-state index contributed by atoms with van der Waals surface area (Å²) in [6.07, 6.45) is 1.85. The van der Waals surface area contributed by atoms with Crippen molar-refractivity contribution in [2.45, 2.75) is 26.7 Å². The first kappa shape index (κ1) is 9.96. The van der Waals surface area contributed by atoms with E-state index in [4.69, 9.17) is 11.0 Å². The number of nitrogens with two attached hydrogens (primary N) is 1. The van der Waals surface area contributed by atoms with E-state index in [1.165, 1.54) is 0 Å². The maximum atomic E-state index is 10.6. The molecule has 0 aromatic heterocycles. The molecule has 0 bridgehead atoms. The maximum absolute atomic E-state index is 10.6. The summed E-state index contributed by atoms with van der Waals surface area (Å²) in [7, 11) is 0. The summed E-state index contributed by atoms with van der Waals surface area (Å²) in [6.45, 7) is 3.90. The van der Waals surface area contributed by atoms with Gasteiger partial charge in [0.25, 0.3) is 0 Å². The highest BCUT2D eigenvalue weighted by atomic mass is 16.1. The van der Waals surface area contributed by atoms with Crippen LogP contribution in [0.1, 0.15) is 26.7 Å². The Morgan fingerprint density at radius 2 is 2.27 bits per heavy atom. The summed E-state index contributed by atoms with van der Waals surface area (Å²) in [6, 6.07) is 1.91. The minimum absolute atomic E-state index is 0.0856. The third kappa shape index (κ3) is 3.03. The minimum Gasteiger partial charge on any atom is -0.369 e. The summed E-state index contributed by atoms with van der Waals surface area (Å²) in [5.74, 6) is -1.04. The quantitative estimate of drug-likeness (QED) is 0.657. The van der Waals surface area contributed by atoms with Crippen LogP contribution in [0.25, 0.3) is 0 Å². The van der Waals surface area contributed by atoms with Gasteiger partial charge in [-0.25, -0.2) is 0 Å². The van der Waals surface area contributed by atoms with Gasteiger partial charge < -0.3 is 5.73 Å². The van der Waals surface area contributed by atoms with Gasteiger partial charge in [-0.05, 0) is 12.3 Å². The van der Waals surface area contributed by atoms with Crippen LogP contribution in [0.3, 0.4) is 0 Å². The number of nitrogens with zero attached hydrogens (tertiary/aromatic N) is 1. The first-order valence-corrected chi connectivity index (χ1v) is 3.82. The molecular weight excluding hydrogens is 140 g/mol. The van der Waals surface area contributed by atoms with E-state index in [2.05, 4.69) is 0 Å². The van der Waals surface area contributed by atoms with Gasteiger partial charge in [-0.1, -0.05) is 20.3 Å². The molecule has 0 aromatic rings. The van der Waals surface area contributed by atoms with Gasteiger partial charge in [0.2, 0.25) is 5.91 Å². The van der Waals surface area contributed by atoms with Gasteiger partial charge in [0.1, 0.15) is 5.92 Å². The lowest BCUT2D eigenvalue weighted by atomic mass is 9.91. The van der Waals surface area contributed by atoms with Crippen LogP contribution in [0.2, 0.25) is 0 Å². The van der Waals surface area contributed by atoms with Crippen LogP contribution in [0.5, 0.6) is 0 Å². The third-order valence-corrected chi connectivity index (χ3v) is 1.76. The lowest BCUT2D eigenvalue weighted by Gasteiger charge is -2.12. The smallest absolute Gasteiger partial charge is 0.235 e. The van der Waals surface area contributed by atoms with E-state index in [9.17, 15) is 4.79 Å². The third-order valence-electron chi connectivity index (χ3n) is 1.76. The Morgan fingerprint density at radius 3 is 2.55 bits per heavy atom. The van der Waals surface area contributed by atoms with Gasteiger partial charge in [-0.3, -0.25) is 4.79 Å². The van der Waals surface area contributed by atoms with E-state index >= 15 is 0 Å². The molecule has 0 spiro atoms. The van der Waals surface area contributed by atoms with Crippen molar-refractivity contribution in [2.24, 2.45) is 17.6 Å². The first-order chi connectivity index (χ1) is 5.13. The van der Waals surface area contributed by atoms with E-state index in [-0.39, 0.29) is 5.92 Å². The zero-order chi connectivity index (χ0) is 8.85. The summed E-state index contributed by atoms with van der Waals surface area (Å²) < 4.78 is 0. The molecule has 0 aromatic carbocycles. The topological polar surface area (TPSA) is 66.9 Å². The molecule has 3 nitrogen and oxygen atoms in total. The standard InChI is InChI=1S/C8H14N2O/c1-3-4-6(2)7(5-9)8(10)11/h6-7H,3-4H2,1-2H3,(H2,10,11). The van der Waals surface area contributed by atoms with Crippen LogP contribution in [-0.2, 0) is 4.79 Å². The molecule has 0 saturated heterocycles. The van der Waals surface area contributed by atoms with Crippen LogP contribution in [0.15, 0.2) is 0 Å². The minimum atomic E-state index is -0.616. The number of nitriles is 1. The SMILES string of the molecule is CCCC(C)C(C#N)C(N)=O. The van der Waals surface area contributed by atoms with Gasteiger partial charge >= 0.3 is 0 Å². The monoisotopic (exact) mass is 154 g/mol. The van der Waals surface area contributed by atoms with Crippen LogP contribution >= 0.6 is 0 Å². The molecule has 0 radical (unpaired) electrons. The number of rotatable bonds is 4. The van der Waals surface area contributed by atoms with Crippen LogP contribution in [0.4, 0.5) is 0 Å². The van der Waals surface area contributed by atoms with Crippen molar-refractivity contribution < 1.29 is 4.79 Å². The zero-order valence-electron chi connectivity index (χ0n) is 7.00. The van der Waals surface area contributed by atoms with Crippen molar-refractivity contribution in [1.82, 2.24) is 0 Å². The number of amides is 1. The Labute approximate surface area is 67.2 Å². The van der Waals surface area contributed by atoms with E-state index < -0.39 is 11.8 Å². The van der Waals surface area contributed by atoms with Crippen LogP contribution < -0.4 is 5.73 Å². The highest BCUT2D eigenvalue weighted by molar-refractivity contribution is 5.79. The molecule has 0 saturated carbocycles. The lowest BCUT2D eigenvalue weighted by molar-refractivity contribution is -0.121. The van der Waals surface area contributed by atoms with Gasteiger partial charge in [-0.2, -0.15) is 5.26 Å². The molecule has 2 unspecified atom stereocenters. The molecule has 0 aliphatic carbocycles. The van der Waals surface area contributed by atoms with Crippen LogP contribution in [0, 0.1) is 23.2 Å². The zero-order valence-corrected chi connectivity index (χ0v) is 7.00. The fourth-order valence-corrected chi connectivity index (χ4v) is 1.09. The predicted molar refractivity (Wildman–Crippen MR) is 42.4 cm³/mol. The van der Waals surface area contributed by atoms with Gasteiger partial charge in [0, 0.05) is 0 Å². The summed E-state index contributed by atoms with van der Waals surface area (Å²) in [5, 5.41) is 8.54. The fourth-order valence-electron chi connectivity index (χ4n) is 1.09. The summed E-state index contributed by atoms with van der Waals surface area (Å²) >= 11 is 0. The van der Waals surface area contributed by atoms with E-state index in [1.807, 2.05) is 19.9 Å². The number of hydrogen-bond acceptors (Lipinski definition) is 2. The summed E-state index contributed by atoms with van der Waals surface area (Å²) in [5.41, 5.74) is 5.02. The predicted octanol–water partition coefficient (Wildman–Crippen LogP) is 1.05. The molecule has 0 heterocycles. The fraction of sp³-hybridized carbons (Fsp3) is 0.750. The number of hydrogen-bond donors (Lipinski definition) is 1. The molecule has 0 aliphatic heterocycles. The van der Waals surface area contributed by atoms with E-state index in [1.54, 1.807) is 0 Å². The molecule has 0 rings (SSSR count). The molecule has 2 N–H and O–H groups in total. The highest BCUT2D eigenvalue weighted by Gasteiger charge is 2.20. The average molecular weight is 154 g/mol. The van der Waals surface area contributed by atoms with Crippen molar-refractivity contribution in [2.75, 3.05) is 0 Å². The molecule has 3 heteroatoms. The Morgan fingerprint density at radius 1 is 1.73 bits per heavy atom. The second kappa shape index (κ2) is 4.73. The lowest BCUT2D eigenvalue weighted by Crippen LogP contribution is -2.27. The van der Waals surface area contributed by atoms with Crippen molar-refractivity contribution in [3.8, 4) is 6.07 Å². The molecule has 2 atom stereocenters. The normalized spacial score (nSPS) is 15.0. The first-order valence-electron chi connectivity index (χ1n) is 3.82. The molecule has 0 aliphatic rings. The van der Waals surface area contributed by atoms with Gasteiger partial charge in [0.05, 0.1) is 6.07 Å². The van der Waals surface area contributed by atoms with Crippen molar-refractivity contribution in [3.05, 3.63) is 0 Å². The number of carbonyl (C=O) groups is 1. The molecule has 11 heavy (non-hydrogen) atoms. The molecule has 0 fully saturated rings. The van der Waals surface area contributed by atoms with E-state index in [0.717, 1.165) is 12.8 Å². The van der Waals surface area contributed by atoms with Crippen molar-refractivity contribution in [3.63, 3.8) is 0 Å². The second-order valence-electron chi connectivity index (χ2n) is 2.78. The van der Waals surface area contributed by atoms with Crippen molar-refractivity contribution in [1.29, 1.82) is 5.26 Å². The second-order valence-corrected chi connectivity index (χ2v) is 2.78. The van der Waals surface area contributed by atoms with Gasteiger partial charge in [-0.15, -0.1) is 0 Å². The highest BCUT2D eigenvalue weighted by Crippen LogP contribution is 2.15. The molecule has 1 amide bonds. The largest absolute Gasteiger partial charge is 0.369 e. The number of carbonyl (C=O) groups excluding carboxylic acids is 1.